The van der Waals surface area contributed by atoms with E-state index in [1.54, 1.807) is 6.92 Å². The zero-order chi connectivity index (χ0) is 14.8. The van der Waals surface area contributed by atoms with Crippen LogP contribution in [0.3, 0.4) is 0 Å². The van der Waals surface area contributed by atoms with Crippen LogP contribution in [0.25, 0.3) is 0 Å². The predicted octanol–water partition coefficient (Wildman–Crippen LogP) is -0.636. The molecule has 1 aliphatic heterocycles. The molecule has 0 bridgehead atoms. The molecule has 7 nitrogen and oxygen atoms in total. The van der Waals surface area contributed by atoms with Crippen LogP contribution in [0.4, 0.5) is 0 Å². The average Bonchev–Trinajstić information content (AvgIpc) is 2.43. The van der Waals surface area contributed by atoms with Crippen molar-refractivity contribution in [2.75, 3.05) is 19.0 Å². The van der Waals surface area contributed by atoms with E-state index in [9.17, 15) is 13.2 Å². The molecule has 116 valence electrons. The number of esters is 1. The van der Waals surface area contributed by atoms with Gasteiger partial charge in [0.1, 0.15) is 0 Å². The minimum Gasteiger partial charge on any atom is -0.466 e. The summed E-state index contributed by atoms with van der Waals surface area (Å²) in [5.74, 6) is -0.559. The van der Waals surface area contributed by atoms with Gasteiger partial charge in [0, 0.05) is 18.6 Å². The van der Waals surface area contributed by atoms with E-state index < -0.39 is 16.0 Å². The molecule has 0 amide bonds. The van der Waals surface area contributed by atoms with E-state index in [4.69, 9.17) is 15.2 Å². The fourth-order valence-electron chi connectivity index (χ4n) is 2.81. The molecular weight excluding hydrogens is 284 g/mol. The number of carbonyl (C=O) groups excluding carboxylic acids is 1. The van der Waals surface area contributed by atoms with Crippen LogP contribution in [-0.4, -0.2) is 51.5 Å². The molecule has 1 heterocycles. The zero-order valence-electron chi connectivity index (χ0n) is 11.6. The van der Waals surface area contributed by atoms with Gasteiger partial charge in [-0.2, -0.15) is 0 Å². The van der Waals surface area contributed by atoms with E-state index in [2.05, 4.69) is 4.72 Å². The SMILES string of the molecule is CCOC(=O)CCS(=O)(=O)NC1C(N)C2CCCOC21. The number of ether oxygens (including phenoxy) is 2. The van der Waals surface area contributed by atoms with E-state index in [0.29, 0.717) is 6.61 Å². The van der Waals surface area contributed by atoms with E-state index in [1.807, 2.05) is 0 Å². The number of rotatable bonds is 6. The summed E-state index contributed by atoms with van der Waals surface area (Å²) in [5, 5.41) is 0. The van der Waals surface area contributed by atoms with Gasteiger partial charge >= 0.3 is 5.97 Å². The van der Waals surface area contributed by atoms with Crippen LogP contribution in [0.5, 0.6) is 0 Å². The number of carbonyl (C=O) groups is 1. The first kappa shape index (κ1) is 15.7. The Hall–Kier alpha value is -0.700. The first-order valence-electron chi connectivity index (χ1n) is 6.97. The fraction of sp³-hybridized carbons (Fsp3) is 0.917. The molecule has 4 unspecified atom stereocenters. The number of fused-ring (bicyclic) bond motifs is 1. The average molecular weight is 306 g/mol. The minimum atomic E-state index is -3.55. The van der Waals surface area contributed by atoms with Crippen molar-refractivity contribution in [3.8, 4) is 0 Å². The van der Waals surface area contributed by atoms with Crippen LogP contribution < -0.4 is 10.5 Å². The molecule has 2 aliphatic rings. The highest BCUT2D eigenvalue weighted by Crippen LogP contribution is 2.37. The van der Waals surface area contributed by atoms with Crippen molar-refractivity contribution in [3.05, 3.63) is 0 Å². The number of nitrogens with one attached hydrogen (secondary N) is 1. The maximum atomic E-state index is 11.9. The second kappa shape index (κ2) is 6.38. The monoisotopic (exact) mass is 306 g/mol. The van der Waals surface area contributed by atoms with Crippen LogP contribution >= 0.6 is 0 Å². The van der Waals surface area contributed by atoms with Crippen molar-refractivity contribution in [3.63, 3.8) is 0 Å². The Labute approximate surface area is 119 Å². The molecule has 2 rings (SSSR count). The van der Waals surface area contributed by atoms with Crippen molar-refractivity contribution in [2.45, 2.75) is 44.4 Å². The van der Waals surface area contributed by atoms with Crippen LogP contribution in [-0.2, 0) is 24.3 Å². The maximum Gasteiger partial charge on any atom is 0.306 e. The molecule has 0 spiro atoms. The first-order chi connectivity index (χ1) is 9.44. The predicted molar refractivity (Wildman–Crippen MR) is 72.4 cm³/mol. The van der Waals surface area contributed by atoms with Crippen LogP contribution in [0.2, 0.25) is 0 Å². The molecular formula is C12H22N2O5S. The molecule has 0 radical (unpaired) electrons. The summed E-state index contributed by atoms with van der Waals surface area (Å²) in [6, 6.07) is -0.592. The Balaban J connectivity index is 1.84. The third kappa shape index (κ3) is 3.49. The number of sulfonamides is 1. The number of nitrogens with two attached hydrogens (primary N) is 1. The lowest BCUT2D eigenvalue weighted by atomic mass is 9.69. The molecule has 0 aromatic carbocycles. The van der Waals surface area contributed by atoms with Crippen LogP contribution in [0, 0.1) is 5.92 Å². The molecule has 0 aromatic rings. The Bertz CT molecular complexity index is 453. The normalized spacial score (nSPS) is 33.1. The van der Waals surface area contributed by atoms with E-state index >= 15 is 0 Å². The highest BCUT2D eigenvalue weighted by molar-refractivity contribution is 7.89. The van der Waals surface area contributed by atoms with E-state index in [1.165, 1.54) is 0 Å². The first-order valence-corrected chi connectivity index (χ1v) is 8.62. The second-order valence-electron chi connectivity index (χ2n) is 5.24. The summed E-state index contributed by atoms with van der Waals surface area (Å²) in [4.78, 5) is 11.2. The van der Waals surface area contributed by atoms with Gasteiger partial charge in [-0.1, -0.05) is 0 Å². The van der Waals surface area contributed by atoms with Gasteiger partial charge in [-0.25, -0.2) is 13.1 Å². The molecule has 1 saturated carbocycles. The number of hydrogen-bond donors (Lipinski definition) is 2. The van der Waals surface area contributed by atoms with Gasteiger partial charge in [-0.15, -0.1) is 0 Å². The molecule has 0 aromatic heterocycles. The van der Waals surface area contributed by atoms with Crippen molar-refractivity contribution < 1.29 is 22.7 Å². The zero-order valence-corrected chi connectivity index (χ0v) is 12.4. The van der Waals surface area contributed by atoms with Crippen molar-refractivity contribution in [2.24, 2.45) is 11.7 Å². The van der Waals surface area contributed by atoms with Crippen molar-refractivity contribution in [1.29, 1.82) is 0 Å². The summed E-state index contributed by atoms with van der Waals surface area (Å²) in [5.41, 5.74) is 5.99. The highest BCUT2D eigenvalue weighted by Gasteiger charge is 2.51. The maximum absolute atomic E-state index is 11.9. The van der Waals surface area contributed by atoms with Crippen molar-refractivity contribution >= 4 is 16.0 Å². The summed E-state index contributed by atoms with van der Waals surface area (Å²) in [6.07, 6.45) is 1.67. The van der Waals surface area contributed by atoms with Crippen LogP contribution in [0.15, 0.2) is 0 Å². The largest absolute Gasteiger partial charge is 0.466 e. The standard InChI is InChI=1S/C12H22N2O5S/c1-2-18-9(15)5-7-20(16,17)14-11-10(13)8-4-3-6-19-12(8)11/h8,10-12,14H,2-7,13H2,1H3. The molecule has 1 aliphatic carbocycles. The van der Waals surface area contributed by atoms with Gasteiger partial charge in [0.05, 0.1) is 30.9 Å². The minimum absolute atomic E-state index is 0.129. The molecule has 4 atom stereocenters. The number of hydrogen-bond acceptors (Lipinski definition) is 6. The third-order valence-corrected chi connectivity index (χ3v) is 5.25. The van der Waals surface area contributed by atoms with Gasteiger partial charge in [0.15, 0.2) is 0 Å². The quantitative estimate of drug-likeness (QED) is 0.632. The summed E-state index contributed by atoms with van der Waals surface area (Å²) < 4.78 is 36.7. The molecule has 3 N–H and O–H groups in total. The second-order valence-corrected chi connectivity index (χ2v) is 7.11. The van der Waals surface area contributed by atoms with Gasteiger partial charge in [0.25, 0.3) is 0 Å². The molecule has 20 heavy (non-hydrogen) atoms. The highest BCUT2D eigenvalue weighted by atomic mass is 32.2. The Kier molecular flexibility index (Phi) is 5.00. The Morgan fingerprint density at radius 1 is 1.50 bits per heavy atom. The third-order valence-electron chi connectivity index (χ3n) is 3.87. The Morgan fingerprint density at radius 3 is 2.95 bits per heavy atom. The summed E-state index contributed by atoms with van der Waals surface area (Å²) >= 11 is 0. The van der Waals surface area contributed by atoms with Crippen molar-refractivity contribution in [1.82, 2.24) is 4.72 Å². The molecule has 8 heteroatoms. The smallest absolute Gasteiger partial charge is 0.306 e. The Morgan fingerprint density at radius 2 is 2.25 bits per heavy atom. The van der Waals surface area contributed by atoms with Gasteiger partial charge < -0.3 is 15.2 Å². The van der Waals surface area contributed by atoms with E-state index in [-0.39, 0.29) is 42.9 Å². The van der Waals surface area contributed by atoms with E-state index in [0.717, 1.165) is 12.8 Å². The topological polar surface area (TPSA) is 108 Å². The lowest BCUT2D eigenvalue weighted by molar-refractivity contribution is -0.142. The summed E-state index contributed by atoms with van der Waals surface area (Å²) in [7, 11) is -3.55. The fourth-order valence-corrected chi connectivity index (χ4v) is 4.07. The van der Waals surface area contributed by atoms with Gasteiger partial charge in [-0.05, 0) is 19.8 Å². The lowest BCUT2D eigenvalue weighted by Crippen LogP contribution is -2.72. The molecule has 2 fully saturated rings. The van der Waals surface area contributed by atoms with Gasteiger partial charge in [0.2, 0.25) is 10.0 Å². The van der Waals surface area contributed by atoms with Crippen LogP contribution in [0.1, 0.15) is 26.2 Å². The van der Waals surface area contributed by atoms with Gasteiger partial charge in [-0.3, -0.25) is 4.79 Å². The lowest BCUT2D eigenvalue weighted by Gasteiger charge is -2.52. The molecule has 1 saturated heterocycles. The summed E-state index contributed by atoms with van der Waals surface area (Å²) in [6.45, 7) is 2.57.